The molecule has 0 radical (unpaired) electrons. The first-order chi connectivity index (χ1) is 12.8. The summed E-state index contributed by atoms with van der Waals surface area (Å²) in [4.78, 5) is 11.8. The maximum atomic E-state index is 11.8. The second-order valence-corrected chi connectivity index (χ2v) is 8.11. The third-order valence-corrected chi connectivity index (χ3v) is 5.36. The normalized spacial score (nSPS) is 11.0. The molecule has 0 aromatic heterocycles. The molecule has 0 spiro atoms. The number of unbranched alkanes of at least 4 members (excludes halogenated alkanes) is 17. The number of carbonyl (C=O) groups is 1. The van der Waals surface area contributed by atoms with E-state index in [4.69, 9.17) is 0 Å². The summed E-state index contributed by atoms with van der Waals surface area (Å²) in [7, 11) is 0. The van der Waals surface area contributed by atoms with E-state index in [0.717, 1.165) is 25.8 Å². The summed E-state index contributed by atoms with van der Waals surface area (Å²) in [5.41, 5.74) is 0. The van der Waals surface area contributed by atoms with Gasteiger partial charge in [-0.2, -0.15) is 0 Å². The molecule has 1 N–H and O–H groups in total. The minimum Gasteiger partial charge on any atom is -0.356 e. The predicted molar refractivity (Wildman–Crippen MR) is 117 cm³/mol. The second kappa shape index (κ2) is 22.5. The van der Waals surface area contributed by atoms with Crippen molar-refractivity contribution in [3.8, 4) is 0 Å². The van der Waals surface area contributed by atoms with E-state index in [9.17, 15) is 4.79 Å². The van der Waals surface area contributed by atoms with Crippen molar-refractivity contribution in [1.82, 2.24) is 5.32 Å². The van der Waals surface area contributed by atoms with Crippen LogP contribution in [0.15, 0.2) is 0 Å². The van der Waals surface area contributed by atoms with Crippen LogP contribution in [0.4, 0.5) is 0 Å². The van der Waals surface area contributed by atoms with E-state index in [0.29, 0.717) is 0 Å². The molecule has 0 saturated heterocycles. The summed E-state index contributed by atoms with van der Waals surface area (Å²) >= 11 is 0. The highest BCUT2D eigenvalue weighted by Gasteiger charge is 2.00. The highest BCUT2D eigenvalue weighted by molar-refractivity contribution is 5.75. The van der Waals surface area contributed by atoms with E-state index >= 15 is 0 Å². The SMILES string of the molecule is CCCCCCCCCCCCNC(=O)CCCCCCCCCCC. The van der Waals surface area contributed by atoms with E-state index in [1.807, 2.05) is 0 Å². The molecule has 0 aliphatic carbocycles. The molecule has 0 saturated carbocycles. The van der Waals surface area contributed by atoms with Crippen LogP contribution in [0.1, 0.15) is 142 Å². The van der Waals surface area contributed by atoms with Crippen LogP contribution in [0.25, 0.3) is 0 Å². The van der Waals surface area contributed by atoms with Gasteiger partial charge in [0.05, 0.1) is 0 Å². The molecule has 0 unspecified atom stereocenters. The molecule has 0 aliphatic rings. The van der Waals surface area contributed by atoms with Gasteiger partial charge in [0, 0.05) is 13.0 Å². The number of carbonyl (C=O) groups excluding carboxylic acids is 1. The van der Waals surface area contributed by atoms with Gasteiger partial charge in [0.2, 0.25) is 5.91 Å². The standard InChI is InChI=1S/C24H49NO/c1-3-5-7-9-11-13-15-17-19-21-23-25-24(26)22-20-18-16-14-12-10-8-6-4-2/h3-23H2,1-2H3,(H,25,26). The van der Waals surface area contributed by atoms with Crippen LogP contribution in [0.2, 0.25) is 0 Å². The first-order valence-corrected chi connectivity index (χ1v) is 12.1. The zero-order chi connectivity index (χ0) is 19.1. The van der Waals surface area contributed by atoms with Gasteiger partial charge in [-0.05, 0) is 12.8 Å². The number of amides is 1. The van der Waals surface area contributed by atoms with Gasteiger partial charge in [-0.1, -0.05) is 123 Å². The lowest BCUT2D eigenvalue weighted by atomic mass is 10.1. The molecule has 0 aliphatic heterocycles. The molecule has 0 aromatic rings. The first kappa shape index (κ1) is 25.5. The molecule has 26 heavy (non-hydrogen) atoms. The highest BCUT2D eigenvalue weighted by Crippen LogP contribution is 2.11. The van der Waals surface area contributed by atoms with E-state index in [1.54, 1.807) is 0 Å². The molecule has 0 atom stereocenters. The summed E-state index contributed by atoms with van der Waals surface area (Å²) in [6.07, 6.45) is 26.1. The Bertz CT molecular complexity index is 277. The Morgan fingerprint density at radius 1 is 0.500 bits per heavy atom. The summed E-state index contributed by atoms with van der Waals surface area (Å²) < 4.78 is 0. The van der Waals surface area contributed by atoms with Gasteiger partial charge in [-0.3, -0.25) is 4.79 Å². The molecular weight excluding hydrogens is 318 g/mol. The number of hydrogen-bond acceptors (Lipinski definition) is 1. The number of hydrogen-bond donors (Lipinski definition) is 1. The topological polar surface area (TPSA) is 29.1 Å². The van der Waals surface area contributed by atoms with Gasteiger partial charge in [0.1, 0.15) is 0 Å². The quantitative estimate of drug-likeness (QED) is 0.205. The molecule has 2 heteroatoms. The number of nitrogens with one attached hydrogen (secondary N) is 1. The van der Waals surface area contributed by atoms with Crippen molar-refractivity contribution in [2.24, 2.45) is 0 Å². The van der Waals surface area contributed by atoms with Crippen LogP contribution in [0.5, 0.6) is 0 Å². The summed E-state index contributed by atoms with van der Waals surface area (Å²) in [6.45, 7) is 5.42. The van der Waals surface area contributed by atoms with E-state index < -0.39 is 0 Å². The average molecular weight is 368 g/mol. The van der Waals surface area contributed by atoms with Crippen LogP contribution >= 0.6 is 0 Å². The molecule has 0 bridgehead atoms. The molecule has 0 aromatic carbocycles. The van der Waals surface area contributed by atoms with Crippen molar-refractivity contribution >= 4 is 5.91 Å². The van der Waals surface area contributed by atoms with Crippen molar-refractivity contribution in [2.45, 2.75) is 142 Å². The van der Waals surface area contributed by atoms with Crippen molar-refractivity contribution in [2.75, 3.05) is 6.54 Å². The van der Waals surface area contributed by atoms with Crippen LogP contribution in [0, 0.1) is 0 Å². The summed E-state index contributed by atoms with van der Waals surface area (Å²) in [5.74, 6) is 0.267. The predicted octanol–water partition coefficient (Wildman–Crippen LogP) is 7.94. The highest BCUT2D eigenvalue weighted by atomic mass is 16.1. The van der Waals surface area contributed by atoms with Crippen LogP contribution in [0.3, 0.4) is 0 Å². The van der Waals surface area contributed by atoms with Crippen molar-refractivity contribution < 1.29 is 4.79 Å². The van der Waals surface area contributed by atoms with E-state index in [-0.39, 0.29) is 5.91 Å². The fraction of sp³-hybridized carbons (Fsp3) is 0.958. The Kier molecular flexibility index (Phi) is 22.1. The first-order valence-electron chi connectivity index (χ1n) is 12.1. The Hall–Kier alpha value is -0.530. The van der Waals surface area contributed by atoms with Gasteiger partial charge < -0.3 is 5.32 Å². The Morgan fingerprint density at radius 3 is 1.27 bits per heavy atom. The Labute approximate surface area is 165 Å². The lowest BCUT2D eigenvalue weighted by Crippen LogP contribution is -2.23. The minimum atomic E-state index is 0.267. The Balaban J connectivity index is 3.13. The Morgan fingerprint density at radius 2 is 0.846 bits per heavy atom. The third kappa shape index (κ3) is 21.5. The van der Waals surface area contributed by atoms with Crippen LogP contribution in [-0.4, -0.2) is 12.5 Å². The zero-order valence-corrected chi connectivity index (χ0v) is 18.3. The molecule has 0 rings (SSSR count). The molecule has 1 amide bonds. The molecule has 0 fully saturated rings. The molecular formula is C24H49NO. The van der Waals surface area contributed by atoms with Gasteiger partial charge in [-0.25, -0.2) is 0 Å². The lowest BCUT2D eigenvalue weighted by Gasteiger charge is -2.06. The van der Waals surface area contributed by atoms with Gasteiger partial charge in [0.25, 0.3) is 0 Å². The average Bonchev–Trinajstić information content (AvgIpc) is 2.64. The third-order valence-electron chi connectivity index (χ3n) is 5.36. The maximum absolute atomic E-state index is 11.8. The summed E-state index contributed by atoms with van der Waals surface area (Å²) in [5, 5.41) is 3.09. The minimum absolute atomic E-state index is 0.267. The lowest BCUT2D eigenvalue weighted by molar-refractivity contribution is -0.121. The fourth-order valence-corrected chi connectivity index (χ4v) is 3.52. The largest absolute Gasteiger partial charge is 0.356 e. The van der Waals surface area contributed by atoms with Crippen LogP contribution < -0.4 is 5.32 Å². The second-order valence-electron chi connectivity index (χ2n) is 8.11. The smallest absolute Gasteiger partial charge is 0.219 e. The van der Waals surface area contributed by atoms with Gasteiger partial charge in [0.15, 0.2) is 0 Å². The molecule has 156 valence electrons. The maximum Gasteiger partial charge on any atom is 0.219 e. The molecule has 0 heterocycles. The van der Waals surface area contributed by atoms with Gasteiger partial charge >= 0.3 is 0 Å². The van der Waals surface area contributed by atoms with E-state index in [1.165, 1.54) is 109 Å². The van der Waals surface area contributed by atoms with E-state index in [2.05, 4.69) is 19.2 Å². The van der Waals surface area contributed by atoms with Crippen molar-refractivity contribution in [1.29, 1.82) is 0 Å². The molecule has 2 nitrogen and oxygen atoms in total. The van der Waals surface area contributed by atoms with Crippen molar-refractivity contribution in [3.05, 3.63) is 0 Å². The fourth-order valence-electron chi connectivity index (χ4n) is 3.52. The summed E-state index contributed by atoms with van der Waals surface area (Å²) in [6, 6.07) is 0. The zero-order valence-electron chi connectivity index (χ0n) is 18.3. The van der Waals surface area contributed by atoms with Crippen molar-refractivity contribution in [3.63, 3.8) is 0 Å². The monoisotopic (exact) mass is 367 g/mol. The van der Waals surface area contributed by atoms with Gasteiger partial charge in [-0.15, -0.1) is 0 Å². The van der Waals surface area contributed by atoms with Crippen LogP contribution in [-0.2, 0) is 4.79 Å². The number of rotatable bonds is 21.